The van der Waals surface area contributed by atoms with Crippen molar-refractivity contribution in [2.75, 3.05) is 26.2 Å². The van der Waals surface area contributed by atoms with Gasteiger partial charge in [0.25, 0.3) is 5.91 Å². The number of nitrogens with zero attached hydrogens (tertiary/aromatic N) is 2. The third-order valence-electron chi connectivity index (χ3n) is 2.39. The van der Waals surface area contributed by atoms with Crippen molar-refractivity contribution >= 4 is 5.91 Å². The fourth-order valence-electron chi connectivity index (χ4n) is 1.58. The molecular weight excluding hydrogens is 194 g/mol. The second kappa shape index (κ2) is 4.27. The Labute approximate surface area is 87.7 Å². The molecule has 0 saturated carbocycles. The van der Waals surface area contributed by atoms with Gasteiger partial charge in [0.05, 0.1) is 0 Å². The van der Waals surface area contributed by atoms with E-state index in [0.29, 0.717) is 13.1 Å². The lowest BCUT2D eigenvalue weighted by Gasteiger charge is -2.27. The van der Waals surface area contributed by atoms with Crippen molar-refractivity contribution in [1.82, 2.24) is 15.2 Å². The molecule has 5 heteroatoms. The van der Waals surface area contributed by atoms with Gasteiger partial charge >= 0.3 is 0 Å². The zero-order valence-corrected chi connectivity index (χ0v) is 8.31. The molecule has 80 valence electrons. The van der Waals surface area contributed by atoms with Gasteiger partial charge in [0.15, 0.2) is 5.69 Å². The minimum atomic E-state index is -0.199. The maximum atomic E-state index is 11.9. The van der Waals surface area contributed by atoms with Crippen molar-refractivity contribution in [3.05, 3.63) is 24.0 Å². The van der Waals surface area contributed by atoms with Gasteiger partial charge in [0.1, 0.15) is 5.75 Å². The molecule has 1 fully saturated rings. The molecule has 0 bridgehead atoms. The van der Waals surface area contributed by atoms with Crippen molar-refractivity contribution in [1.29, 1.82) is 0 Å². The van der Waals surface area contributed by atoms with Gasteiger partial charge in [-0.3, -0.25) is 4.79 Å². The number of hydrogen-bond acceptors (Lipinski definition) is 4. The Morgan fingerprint density at radius 1 is 1.47 bits per heavy atom. The maximum Gasteiger partial charge on any atom is 0.276 e. The van der Waals surface area contributed by atoms with Gasteiger partial charge in [-0.15, -0.1) is 0 Å². The van der Waals surface area contributed by atoms with Crippen LogP contribution in [0.1, 0.15) is 10.5 Å². The number of aromatic hydroxyl groups is 1. The molecule has 5 nitrogen and oxygen atoms in total. The molecule has 15 heavy (non-hydrogen) atoms. The van der Waals surface area contributed by atoms with Gasteiger partial charge in [-0.05, 0) is 12.1 Å². The van der Waals surface area contributed by atoms with Crippen LogP contribution in [-0.4, -0.2) is 47.1 Å². The quantitative estimate of drug-likeness (QED) is 0.671. The van der Waals surface area contributed by atoms with Crippen LogP contribution in [-0.2, 0) is 0 Å². The predicted octanol–water partition coefficient (Wildman–Crippen LogP) is -0.167. The summed E-state index contributed by atoms with van der Waals surface area (Å²) in [6, 6.07) is 3.08. The highest BCUT2D eigenvalue weighted by Gasteiger charge is 2.21. The Kier molecular flexibility index (Phi) is 2.82. The van der Waals surface area contributed by atoms with E-state index in [-0.39, 0.29) is 17.4 Å². The molecule has 0 radical (unpaired) electrons. The molecule has 1 amide bonds. The van der Waals surface area contributed by atoms with E-state index in [9.17, 15) is 9.90 Å². The second-order valence-electron chi connectivity index (χ2n) is 3.41. The third-order valence-corrected chi connectivity index (χ3v) is 2.39. The van der Waals surface area contributed by atoms with E-state index in [0.717, 1.165) is 13.1 Å². The molecular formula is C10H13N3O2. The lowest BCUT2D eigenvalue weighted by molar-refractivity contribution is 0.0726. The van der Waals surface area contributed by atoms with Crippen LogP contribution in [0.2, 0.25) is 0 Å². The van der Waals surface area contributed by atoms with Gasteiger partial charge < -0.3 is 15.3 Å². The van der Waals surface area contributed by atoms with Crippen LogP contribution in [0.25, 0.3) is 0 Å². The summed E-state index contributed by atoms with van der Waals surface area (Å²) in [5, 5.41) is 12.6. The molecule has 1 aromatic rings. The zero-order chi connectivity index (χ0) is 10.7. The van der Waals surface area contributed by atoms with Crippen molar-refractivity contribution < 1.29 is 9.90 Å². The van der Waals surface area contributed by atoms with E-state index in [1.54, 1.807) is 11.0 Å². The van der Waals surface area contributed by atoms with E-state index in [4.69, 9.17) is 0 Å². The summed E-state index contributed by atoms with van der Waals surface area (Å²) in [5.41, 5.74) is 0.138. The Balaban J connectivity index is 2.16. The number of carbonyl (C=O) groups excluding carboxylic acids is 1. The molecule has 2 N–H and O–H groups in total. The minimum absolute atomic E-state index is 0.0546. The molecule has 1 aromatic heterocycles. The molecule has 1 aliphatic rings. The number of rotatable bonds is 1. The first-order chi connectivity index (χ1) is 7.29. The number of piperazine rings is 1. The molecule has 0 spiro atoms. The van der Waals surface area contributed by atoms with E-state index in [1.807, 2.05) is 0 Å². The fraction of sp³-hybridized carbons (Fsp3) is 0.400. The summed E-state index contributed by atoms with van der Waals surface area (Å²) in [5.74, 6) is -0.254. The van der Waals surface area contributed by atoms with Crippen molar-refractivity contribution in [2.45, 2.75) is 0 Å². The topological polar surface area (TPSA) is 65.5 Å². The van der Waals surface area contributed by atoms with E-state index in [1.165, 1.54) is 12.3 Å². The number of nitrogens with one attached hydrogen (secondary N) is 1. The molecule has 0 aliphatic carbocycles. The minimum Gasteiger partial charge on any atom is -0.505 e. The standard InChI is InChI=1S/C10H13N3O2/c14-8-2-1-3-12-9(8)10(15)13-6-4-11-5-7-13/h1-3,11,14H,4-7H2. The number of hydrogen-bond donors (Lipinski definition) is 2. The summed E-state index contributed by atoms with van der Waals surface area (Å²) in [7, 11) is 0. The largest absolute Gasteiger partial charge is 0.505 e. The zero-order valence-electron chi connectivity index (χ0n) is 8.31. The Hall–Kier alpha value is -1.62. The predicted molar refractivity (Wildman–Crippen MR) is 54.7 cm³/mol. The molecule has 0 atom stereocenters. The lowest BCUT2D eigenvalue weighted by atomic mass is 10.2. The van der Waals surface area contributed by atoms with Gasteiger partial charge in [0.2, 0.25) is 0 Å². The molecule has 0 unspecified atom stereocenters. The van der Waals surface area contributed by atoms with E-state index in [2.05, 4.69) is 10.3 Å². The molecule has 0 aromatic carbocycles. The lowest BCUT2D eigenvalue weighted by Crippen LogP contribution is -2.46. The van der Waals surface area contributed by atoms with Crippen molar-refractivity contribution in [3.8, 4) is 5.75 Å². The van der Waals surface area contributed by atoms with Crippen molar-refractivity contribution in [3.63, 3.8) is 0 Å². The molecule has 2 heterocycles. The average Bonchev–Trinajstić information content (AvgIpc) is 2.30. The normalized spacial score (nSPS) is 16.4. The first kappa shape index (κ1) is 9.92. The SMILES string of the molecule is O=C(c1ncccc1O)N1CCNCC1. The number of amides is 1. The van der Waals surface area contributed by atoms with Crippen LogP contribution >= 0.6 is 0 Å². The van der Waals surface area contributed by atoms with Crippen LogP contribution in [0.4, 0.5) is 0 Å². The van der Waals surface area contributed by atoms with Crippen LogP contribution in [0.15, 0.2) is 18.3 Å². The smallest absolute Gasteiger partial charge is 0.276 e. The van der Waals surface area contributed by atoms with Gasteiger partial charge in [-0.2, -0.15) is 0 Å². The summed E-state index contributed by atoms with van der Waals surface area (Å²) in [6.07, 6.45) is 1.51. The van der Waals surface area contributed by atoms with Crippen molar-refractivity contribution in [2.24, 2.45) is 0 Å². The Morgan fingerprint density at radius 3 is 2.87 bits per heavy atom. The summed E-state index contributed by atoms with van der Waals surface area (Å²) in [6.45, 7) is 2.91. The summed E-state index contributed by atoms with van der Waals surface area (Å²) in [4.78, 5) is 17.5. The Bertz CT molecular complexity index is 361. The van der Waals surface area contributed by atoms with E-state index < -0.39 is 0 Å². The third kappa shape index (κ3) is 2.07. The first-order valence-electron chi connectivity index (χ1n) is 4.93. The fourth-order valence-corrected chi connectivity index (χ4v) is 1.58. The average molecular weight is 207 g/mol. The number of carbonyl (C=O) groups is 1. The Morgan fingerprint density at radius 2 is 2.20 bits per heavy atom. The maximum absolute atomic E-state index is 11.9. The van der Waals surface area contributed by atoms with Crippen LogP contribution in [0.3, 0.4) is 0 Å². The van der Waals surface area contributed by atoms with Crippen LogP contribution in [0, 0.1) is 0 Å². The monoisotopic (exact) mass is 207 g/mol. The number of pyridine rings is 1. The van der Waals surface area contributed by atoms with Gasteiger partial charge in [-0.1, -0.05) is 0 Å². The van der Waals surface area contributed by atoms with Crippen LogP contribution < -0.4 is 5.32 Å². The highest BCUT2D eigenvalue weighted by atomic mass is 16.3. The first-order valence-corrected chi connectivity index (χ1v) is 4.93. The number of aromatic nitrogens is 1. The summed E-state index contributed by atoms with van der Waals surface area (Å²) >= 11 is 0. The highest BCUT2D eigenvalue weighted by molar-refractivity contribution is 5.94. The highest BCUT2D eigenvalue weighted by Crippen LogP contribution is 2.15. The van der Waals surface area contributed by atoms with E-state index >= 15 is 0 Å². The molecule has 1 saturated heterocycles. The summed E-state index contributed by atoms with van der Waals surface area (Å²) < 4.78 is 0. The van der Waals surface area contributed by atoms with Gasteiger partial charge in [-0.25, -0.2) is 4.98 Å². The molecule has 2 rings (SSSR count). The van der Waals surface area contributed by atoms with Gasteiger partial charge in [0, 0.05) is 32.4 Å². The van der Waals surface area contributed by atoms with Crippen LogP contribution in [0.5, 0.6) is 5.75 Å². The second-order valence-corrected chi connectivity index (χ2v) is 3.41. The molecule has 1 aliphatic heterocycles.